The summed E-state index contributed by atoms with van der Waals surface area (Å²) in [5.41, 5.74) is 9.83. The van der Waals surface area contributed by atoms with Crippen molar-refractivity contribution in [1.29, 1.82) is 0 Å². The number of aromatic nitrogens is 1. The molecule has 0 bridgehead atoms. The number of carbonyl (C=O) groups excluding carboxylic acids is 2. The van der Waals surface area contributed by atoms with Crippen molar-refractivity contribution in [3.05, 3.63) is 88.7 Å². The first-order valence-corrected chi connectivity index (χ1v) is 9.90. The molecule has 0 radical (unpaired) electrons. The number of hydrogen-bond acceptors (Lipinski definition) is 4. The summed E-state index contributed by atoms with van der Waals surface area (Å²) in [5.74, 6) is 0.215. The topological polar surface area (TPSA) is 94.3 Å². The van der Waals surface area contributed by atoms with E-state index in [1.165, 1.54) is 0 Å². The first-order valence-electron chi connectivity index (χ1n) is 9.90. The summed E-state index contributed by atoms with van der Waals surface area (Å²) in [6.45, 7) is 2.27. The molecule has 1 aliphatic carbocycles. The molecular weight excluding hydrogens is 378 g/mol. The average molecular weight is 401 g/mol. The van der Waals surface area contributed by atoms with E-state index >= 15 is 0 Å². The minimum Gasteiger partial charge on any atom is -0.487 e. The number of nitrogens with one attached hydrogen (secondary N) is 1. The zero-order chi connectivity index (χ0) is 21.1. The third-order valence-corrected chi connectivity index (χ3v) is 5.17. The van der Waals surface area contributed by atoms with Crippen molar-refractivity contribution >= 4 is 17.5 Å². The molecule has 0 unspecified atom stereocenters. The summed E-state index contributed by atoms with van der Waals surface area (Å²) in [6, 6.07) is 16.2. The Balaban J connectivity index is 1.49. The van der Waals surface area contributed by atoms with Crippen LogP contribution in [0.25, 0.3) is 0 Å². The van der Waals surface area contributed by atoms with E-state index in [9.17, 15) is 9.59 Å². The number of primary amides is 1. The number of aryl methyl sites for hydroxylation is 1. The maximum atomic E-state index is 12.9. The molecule has 0 saturated heterocycles. The van der Waals surface area contributed by atoms with E-state index in [2.05, 4.69) is 10.3 Å². The lowest BCUT2D eigenvalue weighted by atomic mass is 9.96. The molecule has 4 rings (SSSR count). The molecule has 0 spiro atoms. The third kappa shape index (κ3) is 4.33. The number of benzene rings is 2. The maximum absolute atomic E-state index is 12.9. The summed E-state index contributed by atoms with van der Waals surface area (Å²) in [6.07, 6.45) is 3.71. The van der Waals surface area contributed by atoms with E-state index in [1.54, 1.807) is 36.5 Å². The highest BCUT2D eigenvalue weighted by molar-refractivity contribution is 6.06. The van der Waals surface area contributed by atoms with Gasteiger partial charge in [0.25, 0.3) is 5.91 Å². The maximum Gasteiger partial charge on any atom is 0.255 e. The molecule has 0 aliphatic heterocycles. The van der Waals surface area contributed by atoms with Crippen LogP contribution >= 0.6 is 0 Å². The standard InChI is InChI=1S/C24H23N3O3/c1-15-5-12-20(23(25)28)21(16-6-7-16)22(15)27-24(29)17-8-10-19(11-9-17)30-14-18-4-2-3-13-26-18/h2-5,8-13,16H,6-7,14H2,1H3,(H2,25,28)(H,27,29). The fourth-order valence-electron chi connectivity index (χ4n) is 3.43. The number of pyridine rings is 1. The summed E-state index contributed by atoms with van der Waals surface area (Å²) >= 11 is 0. The zero-order valence-electron chi connectivity index (χ0n) is 16.7. The van der Waals surface area contributed by atoms with Crippen LogP contribution in [0.4, 0.5) is 5.69 Å². The van der Waals surface area contributed by atoms with Crippen molar-refractivity contribution in [1.82, 2.24) is 4.98 Å². The van der Waals surface area contributed by atoms with Gasteiger partial charge in [-0.05, 0) is 79.3 Å². The fraction of sp³-hybridized carbons (Fsp3) is 0.208. The van der Waals surface area contributed by atoms with Crippen molar-refractivity contribution in [3.63, 3.8) is 0 Å². The van der Waals surface area contributed by atoms with Gasteiger partial charge in [0.1, 0.15) is 12.4 Å². The Bertz CT molecular complexity index is 1070. The lowest BCUT2D eigenvalue weighted by Crippen LogP contribution is -2.18. The smallest absolute Gasteiger partial charge is 0.255 e. The molecule has 152 valence electrons. The molecular formula is C24H23N3O3. The van der Waals surface area contributed by atoms with Gasteiger partial charge >= 0.3 is 0 Å². The highest BCUT2D eigenvalue weighted by Crippen LogP contribution is 2.46. The Kier molecular flexibility index (Phi) is 5.48. The van der Waals surface area contributed by atoms with Crippen molar-refractivity contribution in [2.45, 2.75) is 32.3 Å². The molecule has 3 aromatic rings. The number of amides is 2. The van der Waals surface area contributed by atoms with Gasteiger partial charge in [0, 0.05) is 23.0 Å². The van der Waals surface area contributed by atoms with Gasteiger partial charge in [-0.3, -0.25) is 14.6 Å². The van der Waals surface area contributed by atoms with Gasteiger partial charge in [-0.25, -0.2) is 0 Å². The van der Waals surface area contributed by atoms with E-state index < -0.39 is 5.91 Å². The number of hydrogen-bond donors (Lipinski definition) is 2. The molecule has 2 amide bonds. The fourth-order valence-corrected chi connectivity index (χ4v) is 3.43. The Morgan fingerprint density at radius 1 is 1.10 bits per heavy atom. The van der Waals surface area contributed by atoms with Gasteiger partial charge in [-0.1, -0.05) is 12.1 Å². The van der Waals surface area contributed by atoms with Gasteiger partial charge in [-0.15, -0.1) is 0 Å². The molecule has 2 aromatic carbocycles. The Morgan fingerprint density at radius 2 is 1.87 bits per heavy atom. The molecule has 1 aromatic heterocycles. The predicted molar refractivity (Wildman–Crippen MR) is 115 cm³/mol. The summed E-state index contributed by atoms with van der Waals surface area (Å²) in [7, 11) is 0. The molecule has 0 atom stereocenters. The quantitative estimate of drug-likeness (QED) is 0.620. The molecule has 1 heterocycles. The second kappa shape index (κ2) is 8.37. The van der Waals surface area contributed by atoms with Crippen LogP contribution in [0.3, 0.4) is 0 Å². The first kappa shape index (κ1) is 19.6. The summed E-state index contributed by atoms with van der Waals surface area (Å²) in [5, 5.41) is 2.99. The number of rotatable bonds is 7. The van der Waals surface area contributed by atoms with Gasteiger partial charge in [0.15, 0.2) is 0 Å². The zero-order valence-corrected chi connectivity index (χ0v) is 16.7. The lowest BCUT2D eigenvalue weighted by Gasteiger charge is -2.17. The van der Waals surface area contributed by atoms with E-state index in [0.717, 1.165) is 29.7 Å². The lowest BCUT2D eigenvalue weighted by molar-refractivity contribution is 0.0995. The van der Waals surface area contributed by atoms with Crippen molar-refractivity contribution in [3.8, 4) is 5.75 Å². The average Bonchev–Trinajstić information content (AvgIpc) is 3.59. The Morgan fingerprint density at radius 3 is 2.50 bits per heavy atom. The highest BCUT2D eigenvalue weighted by atomic mass is 16.5. The number of nitrogens with zero attached hydrogens (tertiary/aromatic N) is 1. The van der Waals surface area contributed by atoms with Gasteiger partial charge in [0.2, 0.25) is 5.91 Å². The first-order chi connectivity index (χ1) is 14.5. The molecule has 1 fully saturated rings. The van der Waals surface area contributed by atoms with Crippen molar-refractivity contribution in [2.75, 3.05) is 5.32 Å². The number of anilines is 1. The second-order valence-corrected chi connectivity index (χ2v) is 7.45. The van der Waals surface area contributed by atoms with Crippen LogP contribution in [0.1, 0.15) is 56.3 Å². The molecule has 6 heteroatoms. The van der Waals surface area contributed by atoms with Crippen LogP contribution in [0, 0.1) is 6.92 Å². The SMILES string of the molecule is Cc1ccc(C(N)=O)c(C2CC2)c1NC(=O)c1ccc(OCc2ccccn2)cc1. The van der Waals surface area contributed by atoms with E-state index in [0.29, 0.717) is 29.2 Å². The van der Waals surface area contributed by atoms with Gasteiger partial charge < -0.3 is 15.8 Å². The summed E-state index contributed by atoms with van der Waals surface area (Å²) in [4.78, 5) is 28.9. The molecule has 1 saturated carbocycles. The van der Waals surface area contributed by atoms with Crippen LogP contribution in [0.2, 0.25) is 0 Å². The third-order valence-electron chi connectivity index (χ3n) is 5.17. The Hall–Kier alpha value is -3.67. The molecule has 6 nitrogen and oxygen atoms in total. The number of nitrogens with two attached hydrogens (primary N) is 1. The van der Waals surface area contributed by atoms with Crippen LogP contribution in [0.15, 0.2) is 60.8 Å². The number of ether oxygens (including phenoxy) is 1. The van der Waals surface area contributed by atoms with Crippen molar-refractivity contribution < 1.29 is 14.3 Å². The predicted octanol–water partition coefficient (Wildman–Crippen LogP) is 4.20. The molecule has 30 heavy (non-hydrogen) atoms. The Labute approximate surface area is 175 Å². The van der Waals surface area contributed by atoms with E-state index in [4.69, 9.17) is 10.5 Å². The van der Waals surface area contributed by atoms with E-state index in [-0.39, 0.29) is 11.8 Å². The monoisotopic (exact) mass is 401 g/mol. The second-order valence-electron chi connectivity index (χ2n) is 7.45. The van der Waals surface area contributed by atoms with Crippen LogP contribution in [-0.4, -0.2) is 16.8 Å². The van der Waals surface area contributed by atoms with Gasteiger partial charge in [-0.2, -0.15) is 0 Å². The minimum atomic E-state index is -0.471. The van der Waals surface area contributed by atoms with E-state index in [1.807, 2.05) is 31.2 Å². The van der Waals surface area contributed by atoms with Gasteiger partial charge in [0.05, 0.1) is 5.69 Å². The normalized spacial score (nSPS) is 13.0. The van der Waals surface area contributed by atoms with Crippen LogP contribution in [0.5, 0.6) is 5.75 Å². The van der Waals surface area contributed by atoms with Crippen LogP contribution in [-0.2, 0) is 6.61 Å². The molecule has 3 N–H and O–H groups in total. The van der Waals surface area contributed by atoms with Crippen molar-refractivity contribution in [2.24, 2.45) is 5.73 Å². The largest absolute Gasteiger partial charge is 0.487 e. The number of carbonyl (C=O) groups is 2. The van der Waals surface area contributed by atoms with Crippen LogP contribution < -0.4 is 15.8 Å². The highest BCUT2D eigenvalue weighted by Gasteiger charge is 2.31. The molecule has 1 aliphatic rings. The minimum absolute atomic E-state index is 0.238. The summed E-state index contributed by atoms with van der Waals surface area (Å²) < 4.78 is 5.72.